The van der Waals surface area contributed by atoms with E-state index in [9.17, 15) is 9.90 Å². The topological polar surface area (TPSA) is 67.8 Å². The van der Waals surface area contributed by atoms with Crippen molar-refractivity contribution in [3.05, 3.63) is 0 Å². The van der Waals surface area contributed by atoms with E-state index >= 15 is 0 Å². The van der Waals surface area contributed by atoms with Crippen molar-refractivity contribution < 1.29 is 24.1 Å². The Labute approximate surface area is 111 Å². The first kappa shape index (κ1) is 20.1. The van der Waals surface area contributed by atoms with Crippen LogP contribution in [-0.2, 0) is 19.0 Å². The van der Waals surface area contributed by atoms with E-state index in [1.54, 1.807) is 7.11 Å². The van der Waals surface area contributed by atoms with Crippen LogP contribution in [0.25, 0.3) is 0 Å². The Morgan fingerprint density at radius 3 is 1.72 bits per heavy atom. The minimum atomic E-state index is -1.10. The standard InChI is InChI=1S/C8H16O5.C4H12P/c1-11-4-5-13-7-6-12-3-2-8(9)10;1-5(2,3)4/h2-7H2,1H3,(H,9,10);1-4H3/q;+1/p-1. The molecule has 0 aromatic carbocycles. The Morgan fingerprint density at radius 1 is 0.944 bits per heavy atom. The molecule has 0 spiro atoms. The fourth-order valence-electron chi connectivity index (χ4n) is 0.620. The van der Waals surface area contributed by atoms with Gasteiger partial charge in [-0.2, -0.15) is 0 Å². The maximum atomic E-state index is 9.93. The summed E-state index contributed by atoms with van der Waals surface area (Å²) in [5.74, 6) is -1.10. The molecular formula is C12H27O5P. The first-order chi connectivity index (χ1) is 8.27. The molecule has 0 amide bonds. The van der Waals surface area contributed by atoms with Gasteiger partial charge in [-0.15, -0.1) is 0 Å². The highest BCUT2D eigenvalue weighted by Gasteiger charge is 2.03. The third-order valence-electron chi connectivity index (χ3n) is 1.25. The van der Waals surface area contributed by atoms with Crippen LogP contribution in [0.5, 0.6) is 0 Å². The van der Waals surface area contributed by atoms with Crippen LogP contribution < -0.4 is 5.11 Å². The highest BCUT2D eigenvalue weighted by Crippen LogP contribution is 2.40. The summed E-state index contributed by atoms with van der Waals surface area (Å²) in [6.07, 6.45) is -0.0714. The predicted octanol–water partition coefficient (Wildman–Crippen LogP) is 0.329. The average Bonchev–Trinajstić information content (AvgIpc) is 2.19. The molecule has 0 saturated heterocycles. The van der Waals surface area contributed by atoms with Crippen molar-refractivity contribution in [3.63, 3.8) is 0 Å². The van der Waals surface area contributed by atoms with Gasteiger partial charge in [0.15, 0.2) is 0 Å². The molecule has 0 heterocycles. The summed E-state index contributed by atoms with van der Waals surface area (Å²) in [5, 5.41) is 9.93. The first-order valence-corrected chi connectivity index (χ1v) is 9.48. The van der Waals surface area contributed by atoms with Crippen molar-refractivity contribution >= 4 is 13.2 Å². The van der Waals surface area contributed by atoms with Gasteiger partial charge in [0.25, 0.3) is 0 Å². The smallest absolute Gasteiger partial charge is 0.0701 e. The van der Waals surface area contributed by atoms with Crippen LogP contribution in [0, 0.1) is 0 Å². The quantitative estimate of drug-likeness (QED) is 0.450. The van der Waals surface area contributed by atoms with Crippen molar-refractivity contribution in [2.24, 2.45) is 0 Å². The molecule has 0 aliphatic rings. The fraction of sp³-hybridized carbons (Fsp3) is 0.917. The number of hydrogen-bond donors (Lipinski definition) is 0. The van der Waals surface area contributed by atoms with E-state index in [1.807, 2.05) is 0 Å². The molecule has 0 aromatic rings. The minimum Gasteiger partial charge on any atom is -0.550 e. The van der Waals surface area contributed by atoms with Crippen LogP contribution in [0.1, 0.15) is 6.42 Å². The third kappa shape index (κ3) is 36.0. The zero-order chi connectivity index (χ0) is 14.4. The molecule has 5 nitrogen and oxygen atoms in total. The van der Waals surface area contributed by atoms with E-state index < -0.39 is 5.97 Å². The second-order valence-corrected chi connectivity index (χ2v) is 10.4. The highest BCUT2D eigenvalue weighted by molar-refractivity contribution is 7.73. The normalized spacial score (nSPS) is 10.7. The fourth-order valence-corrected chi connectivity index (χ4v) is 0.620. The van der Waals surface area contributed by atoms with E-state index in [0.29, 0.717) is 26.4 Å². The molecule has 0 aromatic heterocycles. The zero-order valence-electron chi connectivity index (χ0n) is 12.2. The number of carboxylic acids is 1. The number of carboxylic acid groups (broad SMARTS) is 1. The summed E-state index contributed by atoms with van der Waals surface area (Å²) in [6, 6.07) is 0. The Hall–Kier alpha value is -0.220. The maximum absolute atomic E-state index is 9.93. The van der Waals surface area contributed by atoms with E-state index in [4.69, 9.17) is 14.2 Å². The van der Waals surface area contributed by atoms with Crippen molar-refractivity contribution in [2.75, 3.05) is 66.8 Å². The molecular weight excluding hydrogens is 255 g/mol. The van der Waals surface area contributed by atoms with E-state index in [2.05, 4.69) is 26.7 Å². The number of hydrogen-bond acceptors (Lipinski definition) is 5. The molecule has 110 valence electrons. The molecule has 0 aliphatic carbocycles. The molecule has 0 unspecified atom stereocenters. The molecule has 0 N–H and O–H groups in total. The summed E-state index contributed by atoms with van der Waals surface area (Å²) < 4.78 is 14.8. The lowest BCUT2D eigenvalue weighted by Crippen LogP contribution is -2.23. The van der Waals surface area contributed by atoms with Gasteiger partial charge in [-0.25, -0.2) is 0 Å². The van der Waals surface area contributed by atoms with Crippen molar-refractivity contribution in [2.45, 2.75) is 6.42 Å². The number of carbonyl (C=O) groups excluding carboxylic acids is 1. The second kappa shape index (κ2) is 13.2. The largest absolute Gasteiger partial charge is 0.550 e. The maximum Gasteiger partial charge on any atom is 0.0701 e. The summed E-state index contributed by atoms with van der Waals surface area (Å²) >= 11 is 0. The third-order valence-corrected chi connectivity index (χ3v) is 1.25. The second-order valence-electron chi connectivity index (χ2n) is 5.02. The van der Waals surface area contributed by atoms with Gasteiger partial charge in [-0.05, 0) is 0 Å². The molecule has 0 bridgehead atoms. The van der Waals surface area contributed by atoms with Gasteiger partial charge >= 0.3 is 0 Å². The summed E-state index contributed by atoms with van der Waals surface area (Å²) in [6.45, 7) is 11.3. The van der Waals surface area contributed by atoms with Crippen molar-refractivity contribution in [3.8, 4) is 0 Å². The number of carbonyl (C=O) groups is 1. The molecule has 0 radical (unpaired) electrons. The van der Waals surface area contributed by atoms with Crippen molar-refractivity contribution in [1.29, 1.82) is 0 Å². The number of rotatable bonds is 9. The van der Waals surface area contributed by atoms with Crippen LogP contribution in [0.3, 0.4) is 0 Å². The number of aliphatic carboxylic acids is 1. The van der Waals surface area contributed by atoms with Gasteiger partial charge in [0.05, 0.1) is 33.0 Å². The van der Waals surface area contributed by atoms with Crippen LogP contribution in [0.15, 0.2) is 0 Å². The van der Waals surface area contributed by atoms with Crippen LogP contribution in [-0.4, -0.2) is 72.8 Å². The van der Waals surface area contributed by atoms with Gasteiger partial charge < -0.3 is 24.1 Å². The van der Waals surface area contributed by atoms with Crippen LogP contribution in [0.2, 0.25) is 0 Å². The highest BCUT2D eigenvalue weighted by atomic mass is 31.2. The predicted molar refractivity (Wildman–Crippen MR) is 73.8 cm³/mol. The van der Waals surface area contributed by atoms with Gasteiger partial charge in [0.2, 0.25) is 0 Å². The molecule has 6 heteroatoms. The lowest BCUT2D eigenvalue weighted by atomic mass is 10.5. The molecule has 18 heavy (non-hydrogen) atoms. The Morgan fingerprint density at radius 2 is 1.33 bits per heavy atom. The van der Waals surface area contributed by atoms with Gasteiger partial charge in [0.1, 0.15) is 0 Å². The lowest BCUT2D eigenvalue weighted by molar-refractivity contribution is -0.306. The minimum absolute atomic E-state index is 0.0714. The van der Waals surface area contributed by atoms with Crippen LogP contribution in [0.4, 0.5) is 0 Å². The number of ether oxygens (including phenoxy) is 3. The average molecular weight is 282 g/mol. The van der Waals surface area contributed by atoms with Crippen molar-refractivity contribution in [1.82, 2.24) is 0 Å². The lowest BCUT2D eigenvalue weighted by Gasteiger charge is -2.05. The summed E-state index contributed by atoms with van der Waals surface area (Å²) in [7, 11) is 1.21. The van der Waals surface area contributed by atoms with Gasteiger partial charge in [-0.3, -0.25) is 0 Å². The molecule has 0 saturated carbocycles. The molecule has 0 atom stereocenters. The Bertz CT molecular complexity index is 185. The Balaban J connectivity index is 0. The van der Waals surface area contributed by atoms with Gasteiger partial charge in [0, 0.05) is 53.4 Å². The van der Waals surface area contributed by atoms with Gasteiger partial charge in [-0.1, -0.05) is 0 Å². The molecule has 0 aliphatic heterocycles. The van der Waals surface area contributed by atoms with E-state index in [-0.39, 0.29) is 20.3 Å². The van der Waals surface area contributed by atoms with E-state index in [0.717, 1.165) is 0 Å². The first-order valence-electron chi connectivity index (χ1n) is 5.90. The summed E-state index contributed by atoms with van der Waals surface area (Å²) in [4.78, 5) is 9.93. The monoisotopic (exact) mass is 282 g/mol. The SMILES string of the molecule is COCCOCCOCCC(=O)[O-].C[P+](C)(C)C. The molecule has 0 fully saturated rings. The zero-order valence-corrected chi connectivity index (χ0v) is 13.1. The number of methoxy groups -OCH3 is 1. The Kier molecular flexibility index (Phi) is 14.8. The van der Waals surface area contributed by atoms with E-state index in [1.165, 1.54) is 0 Å². The van der Waals surface area contributed by atoms with Crippen LogP contribution >= 0.6 is 7.26 Å². The molecule has 0 rings (SSSR count). The summed E-state index contributed by atoms with van der Waals surface area (Å²) in [5.41, 5.74) is 0.